The summed E-state index contributed by atoms with van der Waals surface area (Å²) in [4.78, 5) is 31.2. The second-order valence-electron chi connectivity index (χ2n) is 7.65. The van der Waals surface area contributed by atoms with Crippen LogP contribution in [0, 0.1) is 0 Å². The van der Waals surface area contributed by atoms with Gasteiger partial charge in [-0.05, 0) is 43.2 Å². The van der Waals surface area contributed by atoms with Crippen LogP contribution in [0.1, 0.15) is 36.5 Å². The molecule has 0 bridgehead atoms. The molecule has 0 spiro atoms. The maximum atomic E-state index is 12.9. The summed E-state index contributed by atoms with van der Waals surface area (Å²) >= 11 is 1.31. The second kappa shape index (κ2) is 9.05. The van der Waals surface area contributed by atoms with Crippen molar-refractivity contribution in [3.8, 4) is 0 Å². The van der Waals surface area contributed by atoms with E-state index in [2.05, 4.69) is 4.98 Å². The molecule has 3 aromatic rings. The number of carbonyl (C=O) groups is 2. The van der Waals surface area contributed by atoms with Gasteiger partial charge in [-0.2, -0.15) is 0 Å². The molecule has 0 radical (unpaired) electrons. The Labute approximate surface area is 190 Å². The van der Waals surface area contributed by atoms with Gasteiger partial charge >= 0.3 is 0 Å². The maximum absolute atomic E-state index is 12.9. The van der Waals surface area contributed by atoms with Crippen LogP contribution in [0.2, 0.25) is 0 Å². The molecule has 4 rings (SSSR count). The fourth-order valence-corrected chi connectivity index (χ4v) is 5.27. The molecule has 8 nitrogen and oxygen atoms in total. The van der Waals surface area contributed by atoms with Crippen molar-refractivity contribution in [1.29, 1.82) is 0 Å². The predicted octanol–water partition coefficient (Wildman–Crippen LogP) is 3.20. The first-order valence-electron chi connectivity index (χ1n) is 10.4. The van der Waals surface area contributed by atoms with E-state index in [0.717, 1.165) is 24.0 Å². The molecule has 0 unspecified atom stereocenters. The molecule has 0 aliphatic carbocycles. The summed E-state index contributed by atoms with van der Waals surface area (Å²) in [5, 5.41) is 5.89. The van der Waals surface area contributed by atoms with Crippen molar-refractivity contribution in [1.82, 2.24) is 9.55 Å². The molecule has 1 aliphatic heterocycles. The number of amides is 1. The van der Waals surface area contributed by atoms with E-state index in [1.807, 2.05) is 17.6 Å². The molecule has 2 N–H and O–H groups in total. The highest BCUT2D eigenvalue weighted by Crippen LogP contribution is 2.28. The summed E-state index contributed by atoms with van der Waals surface area (Å²) in [6, 6.07) is 11.8. The Bertz CT molecular complexity index is 1300. The van der Waals surface area contributed by atoms with Crippen LogP contribution in [0.15, 0.2) is 52.5 Å². The van der Waals surface area contributed by atoms with Crippen molar-refractivity contribution in [2.75, 3.05) is 17.2 Å². The number of nitrogens with zero attached hydrogens (tertiary/aromatic N) is 3. The number of aryl methyl sites for hydroxylation is 1. The molecular weight excluding hydrogens is 448 g/mol. The van der Waals surface area contributed by atoms with Crippen molar-refractivity contribution in [3.63, 3.8) is 0 Å². The lowest BCUT2D eigenvalue weighted by Crippen LogP contribution is -2.23. The number of benzene rings is 2. The molecule has 2 aromatic carbocycles. The van der Waals surface area contributed by atoms with Crippen LogP contribution >= 0.6 is 11.8 Å². The van der Waals surface area contributed by atoms with Crippen LogP contribution < -0.4 is 10.0 Å². The molecule has 1 amide bonds. The molecule has 1 aromatic heterocycles. The standard InChI is InChI=1S/C22H24N4O4S2/c1-2-10-26-19-9-8-17(32(23,29)30)13-18(19)24-22(26)31-14-20(27)15-5-3-6-16(12-15)25-11-4-7-21(25)28/h3,5-6,8-9,12-13H,2,4,7,10-11,14H2,1H3,(H2,23,29,30). The average Bonchev–Trinajstić information content (AvgIpc) is 3.34. The number of fused-ring (bicyclic) bond motifs is 1. The number of nitrogens with two attached hydrogens (primary N) is 1. The monoisotopic (exact) mass is 472 g/mol. The molecular formula is C22H24N4O4S2. The van der Waals surface area contributed by atoms with Gasteiger partial charge in [0.05, 0.1) is 21.7 Å². The van der Waals surface area contributed by atoms with Gasteiger partial charge in [-0.25, -0.2) is 18.5 Å². The fourth-order valence-electron chi connectivity index (χ4n) is 3.80. The van der Waals surface area contributed by atoms with Gasteiger partial charge < -0.3 is 9.47 Å². The van der Waals surface area contributed by atoms with Crippen LogP contribution in [-0.2, 0) is 21.4 Å². The van der Waals surface area contributed by atoms with E-state index < -0.39 is 10.0 Å². The molecule has 10 heteroatoms. The number of aromatic nitrogens is 2. The molecule has 1 aliphatic rings. The van der Waals surface area contributed by atoms with Gasteiger partial charge in [0.15, 0.2) is 10.9 Å². The molecule has 32 heavy (non-hydrogen) atoms. The number of thioether (sulfide) groups is 1. The minimum absolute atomic E-state index is 0.00653. The van der Waals surface area contributed by atoms with Gasteiger partial charge in [0.1, 0.15) is 0 Å². The van der Waals surface area contributed by atoms with Crippen LogP contribution in [0.4, 0.5) is 5.69 Å². The number of rotatable bonds is 8. The third kappa shape index (κ3) is 4.57. The first-order valence-corrected chi connectivity index (χ1v) is 12.9. The van der Waals surface area contributed by atoms with Gasteiger partial charge in [0.2, 0.25) is 15.9 Å². The van der Waals surface area contributed by atoms with Crippen molar-refractivity contribution < 1.29 is 18.0 Å². The number of hydrogen-bond acceptors (Lipinski definition) is 6. The van der Waals surface area contributed by atoms with E-state index in [-0.39, 0.29) is 22.3 Å². The topological polar surface area (TPSA) is 115 Å². The van der Waals surface area contributed by atoms with Gasteiger partial charge in [-0.3, -0.25) is 9.59 Å². The third-order valence-corrected chi connectivity index (χ3v) is 7.23. The predicted molar refractivity (Wildman–Crippen MR) is 124 cm³/mol. The number of carbonyl (C=O) groups excluding carboxylic acids is 2. The summed E-state index contributed by atoms with van der Waals surface area (Å²) in [5.41, 5.74) is 2.61. The lowest BCUT2D eigenvalue weighted by molar-refractivity contribution is -0.117. The van der Waals surface area contributed by atoms with E-state index in [1.54, 1.807) is 29.2 Å². The summed E-state index contributed by atoms with van der Waals surface area (Å²) in [5.74, 6) is 0.187. The van der Waals surface area contributed by atoms with Gasteiger partial charge in [0.25, 0.3) is 0 Å². The highest BCUT2D eigenvalue weighted by Gasteiger charge is 2.22. The van der Waals surface area contributed by atoms with Crippen LogP contribution in [0.5, 0.6) is 0 Å². The third-order valence-electron chi connectivity index (χ3n) is 5.35. The lowest BCUT2D eigenvalue weighted by Gasteiger charge is -2.16. The minimum atomic E-state index is -3.83. The lowest BCUT2D eigenvalue weighted by atomic mass is 10.1. The van der Waals surface area contributed by atoms with Crippen molar-refractivity contribution in [2.24, 2.45) is 5.14 Å². The zero-order valence-corrected chi connectivity index (χ0v) is 19.3. The van der Waals surface area contributed by atoms with Crippen molar-refractivity contribution in [2.45, 2.75) is 42.8 Å². The molecule has 1 fully saturated rings. The Kier molecular flexibility index (Phi) is 6.36. The van der Waals surface area contributed by atoms with E-state index in [0.29, 0.717) is 35.7 Å². The van der Waals surface area contributed by atoms with Crippen molar-refractivity contribution in [3.05, 3.63) is 48.0 Å². The van der Waals surface area contributed by atoms with E-state index >= 15 is 0 Å². The quantitative estimate of drug-likeness (QED) is 0.398. The number of Topliss-reactive ketones (excluding diaryl/α,β-unsaturated/α-hetero) is 1. The van der Waals surface area contributed by atoms with Crippen molar-refractivity contribution >= 4 is 50.2 Å². The number of primary sulfonamides is 1. The summed E-state index contributed by atoms with van der Waals surface area (Å²) < 4.78 is 25.3. The molecule has 0 saturated carbocycles. The largest absolute Gasteiger partial charge is 0.319 e. The SMILES string of the molecule is CCCn1c(SCC(=O)c2cccc(N3CCCC3=O)c2)nc2cc(S(N)(=O)=O)ccc21. The fraction of sp³-hybridized carbons (Fsp3) is 0.318. The smallest absolute Gasteiger partial charge is 0.238 e. The van der Waals surface area contributed by atoms with Crippen LogP contribution in [-0.4, -0.2) is 42.0 Å². The van der Waals surface area contributed by atoms with E-state index in [1.165, 1.54) is 23.9 Å². The highest BCUT2D eigenvalue weighted by atomic mass is 32.2. The number of ketones is 1. The maximum Gasteiger partial charge on any atom is 0.238 e. The Hall–Kier alpha value is -2.69. The summed E-state index contributed by atoms with van der Waals surface area (Å²) in [6.45, 7) is 3.40. The molecule has 168 valence electrons. The van der Waals surface area contributed by atoms with Crippen LogP contribution in [0.25, 0.3) is 11.0 Å². The molecule has 1 saturated heterocycles. The van der Waals surface area contributed by atoms with Gasteiger partial charge in [0, 0.05) is 30.8 Å². The zero-order valence-electron chi connectivity index (χ0n) is 17.7. The van der Waals surface area contributed by atoms with E-state index in [9.17, 15) is 18.0 Å². The van der Waals surface area contributed by atoms with Gasteiger partial charge in [-0.1, -0.05) is 30.8 Å². The zero-order chi connectivity index (χ0) is 22.9. The Morgan fingerprint density at radius 1 is 1.22 bits per heavy atom. The number of imidazole rings is 1. The Balaban J connectivity index is 1.56. The normalized spacial score (nSPS) is 14.4. The minimum Gasteiger partial charge on any atom is -0.319 e. The first-order chi connectivity index (χ1) is 15.3. The van der Waals surface area contributed by atoms with Gasteiger partial charge in [-0.15, -0.1) is 0 Å². The number of sulfonamides is 1. The van der Waals surface area contributed by atoms with Crippen LogP contribution in [0.3, 0.4) is 0 Å². The Morgan fingerprint density at radius 2 is 2.03 bits per heavy atom. The highest BCUT2D eigenvalue weighted by molar-refractivity contribution is 7.99. The number of hydrogen-bond donors (Lipinski definition) is 1. The van der Waals surface area contributed by atoms with E-state index in [4.69, 9.17) is 5.14 Å². The summed E-state index contributed by atoms with van der Waals surface area (Å²) in [7, 11) is -3.83. The molecule has 2 heterocycles. The second-order valence-corrected chi connectivity index (χ2v) is 10.2. The Morgan fingerprint density at radius 3 is 2.72 bits per heavy atom. The molecule has 0 atom stereocenters. The average molecular weight is 473 g/mol. The number of anilines is 1. The summed E-state index contributed by atoms with van der Waals surface area (Å²) in [6.07, 6.45) is 2.22. The first kappa shape index (κ1) is 22.5.